The van der Waals surface area contributed by atoms with E-state index >= 15 is 0 Å². The number of anilines is 1. The van der Waals surface area contributed by atoms with Crippen LogP contribution in [-0.4, -0.2) is 24.2 Å². The molecule has 5 nitrogen and oxygen atoms in total. The van der Waals surface area contributed by atoms with Crippen LogP contribution in [0.4, 0.5) is 18.9 Å². The topological polar surface area (TPSA) is 78.8 Å². The fourth-order valence-electron chi connectivity index (χ4n) is 3.56. The highest BCUT2D eigenvalue weighted by atomic mass is 32.2. The third-order valence-corrected chi connectivity index (χ3v) is 5.95. The Morgan fingerprint density at radius 2 is 1.53 bits per heavy atom. The van der Waals surface area contributed by atoms with Crippen molar-refractivity contribution in [2.45, 2.75) is 37.9 Å². The molecule has 9 heteroatoms. The minimum atomic E-state index is -5.84. The van der Waals surface area contributed by atoms with E-state index in [1.54, 1.807) is 0 Å². The summed E-state index contributed by atoms with van der Waals surface area (Å²) in [6.45, 7) is 4.30. The summed E-state index contributed by atoms with van der Waals surface area (Å²) in [6.07, 6.45) is 0.900. The molecule has 180 valence electrons. The maximum absolute atomic E-state index is 10.7. The largest absolute Gasteiger partial charge is 0.522 e. The Hall–Kier alpha value is -3.17. The molecule has 1 aliphatic heterocycles. The molecule has 3 aromatic rings. The molecule has 1 heterocycles. The third kappa shape index (κ3) is 6.45. The smallest absolute Gasteiger partial charge is 0.377 e. The number of nitrogens with zero attached hydrogens (tertiary/aromatic N) is 1. The normalized spacial score (nSPS) is 17.7. The van der Waals surface area contributed by atoms with Gasteiger partial charge in [-0.05, 0) is 31.0 Å². The van der Waals surface area contributed by atoms with E-state index in [1.807, 2.05) is 0 Å². The van der Waals surface area contributed by atoms with Gasteiger partial charge in [0.25, 0.3) is 0 Å². The molecule has 1 aliphatic rings. The zero-order valence-corrected chi connectivity index (χ0v) is 19.4. The average Bonchev–Trinajstić information content (AvgIpc) is 2.79. The number of halogens is 3. The Morgan fingerprint density at radius 1 is 0.971 bits per heavy atom. The second-order valence-corrected chi connectivity index (χ2v) is 9.35. The van der Waals surface area contributed by atoms with Gasteiger partial charge in [0.15, 0.2) is 0 Å². The average molecular weight is 491 g/mol. The molecule has 0 saturated carbocycles. The van der Waals surface area contributed by atoms with Crippen LogP contribution in [-0.2, 0) is 10.1 Å². The van der Waals surface area contributed by atoms with Crippen LogP contribution in [0.15, 0.2) is 83.9 Å². The van der Waals surface area contributed by atoms with Gasteiger partial charge >= 0.3 is 15.6 Å². The highest BCUT2D eigenvalue weighted by molar-refractivity contribution is 7.86. The Labute approximate surface area is 197 Å². The number of fused-ring (bicyclic) bond motifs is 1. The SMILES string of the molecule is Cc1ccc(C2CC(=N[C@H](C)c3ccccc3)c3ccccc3N2)cc1.O=S(=O)(O)C(F)(F)F. The van der Waals surface area contributed by atoms with Crippen LogP contribution >= 0.6 is 0 Å². The number of nitrogens with one attached hydrogen (secondary N) is 1. The summed E-state index contributed by atoms with van der Waals surface area (Å²) in [5.74, 6) is 0. The summed E-state index contributed by atoms with van der Waals surface area (Å²) in [6, 6.07) is 28.2. The van der Waals surface area contributed by atoms with Crippen molar-refractivity contribution >= 4 is 21.5 Å². The van der Waals surface area contributed by atoms with Gasteiger partial charge in [0.2, 0.25) is 0 Å². The van der Waals surface area contributed by atoms with E-state index in [4.69, 9.17) is 18.0 Å². The van der Waals surface area contributed by atoms with Gasteiger partial charge in [-0.1, -0.05) is 78.4 Å². The molecule has 3 aromatic carbocycles. The first-order valence-corrected chi connectivity index (χ1v) is 12.0. The van der Waals surface area contributed by atoms with Crippen molar-refractivity contribution in [3.63, 3.8) is 0 Å². The number of aryl methyl sites for hydroxylation is 1. The zero-order chi connectivity index (χ0) is 24.9. The van der Waals surface area contributed by atoms with Crippen molar-refractivity contribution in [1.82, 2.24) is 0 Å². The summed E-state index contributed by atoms with van der Waals surface area (Å²) in [7, 11) is -5.84. The van der Waals surface area contributed by atoms with Crippen molar-refractivity contribution in [1.29, 1.82) is 0 Å². The Kier molecular flexibility index (Phi) is 7.78. The molecule has 0 bridgehead atoms. The van der Waals surface area contributed by atoms with Crippen LogP contribution in [0.5, 0.6) is 0 Å². The van der Waals surface area contributed by atoms with Crippen LogP contribution in [0.25, 0.3) is 0 Å². The molecule has 4 rings (SSSR count). The molecular formula is C25H25F3N2O3S. The molecule has 0 aliphatic carbocycles. The van der Waals surface area contributed by atoms with Crippen LogP contribution in [0, 0.1) is 6.92 Å². The van der Waals surface area contributed by atoms with Crippen LogP contribution in [0.3, 0.4) is 0 Å². The third-order valence-electron chi connectivity index (χ3n) is 5.37. The number of alkyl halides is 3. The van der Waals surface area contributed by atoms with E-state index in [-0.39, 0.29) is 12.1 Å². The lowest BCUT2D eigenvalue weighted by Crippen LogP contribution is -2.23. The highest BCUT2D eigenvalue weighted by Crippen LogP contribution is 2.34. The lowest BCUT2D eigenvalue weighted by atomic mass is 9.91. The first kappa shape index (κ1) is 25.5. The number of benzene rings is 3. The Balaban J connectivity index is 0.000000350. The number of hydrogen-bond acceptors (Lipinski definition) is 4. The van der Waals surface area contributed by atoms with Gasteiger partial charge < -0.3 is 5.32 Å². The number of para-hydroxylation sites is 1. The molecule has 0 aromatic heterocycles. The summed E-state index contributed by atoms with van der Waals surface area (Å²) in [5, 5.41) is 3.69. The number of hydrogen-bond donors (Lipinski definition) is 2. The van der Waals surface area contributed by atoms with Crippen molar-refractivity contribution in [2.75, 3.05) is 5.32 Å². The molecule has 2 atom stereocenters. The minimum Gasteiger partial charge on any atom is -0.377 e. The van der Waals surface area contributed by atoms with E-state index in [0.29, 0.717) is 0 Å². The lowest BCUT2D eigenvalue weighted by molar-refractivity contribution is -0.0510. The van der Waals surface area contributed by atoms with Crippen molar-refractivity contribution in [3.8, 4) is 0 Å². The molecule has 1 unspecified atom stereocenters. The predicted molar refractivity (Wildman–Crippen MR) is 128 cm³/mol. The number of rotatable bonds is 3. The van der Waals surface area contributed by atoms with Crippen LogP contribution < -0.4 is 5.32 Å². The molecular weight excluding hydrogens is 465 g/mol. The quantitative estimate of drug-likeness (QED) is 0.325. The standard InChI is InChI=1S/C24H24N2.CHF3O3S/c1-17-12-14-20(15-13-17)23-16-24(21-10-6-7-11-22(21)26-23)25-18(2)19-8-4-3-5-9-19;2-1(3,4)8(5,6)7/h3-15,18,23,26H,16H2,1-2H3;(H,5,6,7)/t18-,23?;/m1./s1. The molecule has 2 N–H and O–H groups in total. The molecule has 34 heavy (non-hydrogen) atoms. The van der Waals surface area contributed by atoms with E-state index in [9.17, 15) is 13.2 Å². The van der Waals surface area contributed by atoms with Gasteiger partial charge in [0.1, 0.15) is 0 Å². The van der Waals surface area contributed by atoms with Gasteiger partial charge in [0, 0.05) is 23.4 Å². The highest BCUT2D eigenvalue weighted by Gasteiger charge is 2.44. The predicted octanol–water partition coefficient (Wildman–Crippen LogP) is 6.50. The molecule has 0 radical (unpaired) electrons. The molecule has 0 amide bonds. The van der Waals surface area contributed by atoms with Gasteiger partial charge in [0.05, 0.1) is 12.1 Å². The summed E-state index contributed by atoms with van der Waals surface area (Å²) < 4.78 is 57.5. The lowest BCUT2D eigenvalue weighted by Gasteiger charge is -2.29. The fourth-order valence-corrected chi connectivity index (χ4v) is 3.56. The first-order chi connectivity index (χ1) is 16.0. The van der Waals surface area contributed by atoms with Crippen molar-refractivity contribution in [3.05, 3.63) is 101 Å². The minimum absolute atomic E-state index is 0.149. The molecule has 0 spiro atoms. The maximum Gasteiger partial charge on any atom is 0.522 e. The van der Waals surface area contributed by atoms with E-state index in [1.165, 1.54) is 33.7 Å². The monoisotopic (exact) mass is 490 g/mol. The van der Waals surface area contributed by atoms with E-state index < -0.39 is 15.6 Å². The van der Waals surface area contributed by atoms with E-state index in [0.717, 1.165) is 6.42 Å². The van der Waals surface area contributed by atoms with Gasteiger partial charge in [-0.3, -0.25) is 9.55 Å². The second-order valence-electron chi connectivity index (χ2n) is 7.94. The summed E-state index contributed by atoms with van der Waals surface area (Å²) in [4.78, 5) is 5.12. The van der Waals surface area contributed by atoms with Gasteiger partial charge in [-0.25, -0.2) is 0 Å². The van der Waals surface area contributed by atoms with Crippen LogP contribution in [0.1, 0.15) is 47.7 Å². The van der Waals surface area contributed by atoms with E-state index in [2.05, 4.69) is 98.0 Å². The Morgan fingerprint density at radius 3 is 2.12 bits per heavy atom. The maximum atomic E-state index is 10.7. The summed E-state index contributed by atoms with van der Waals surface area (Å²) >= 11 is 0. The summed E-state index contributed by atoms with van der Waals surface area (Å²) in [5.41, 5.74) is 1.89. The van der Waals surface area contributed by atoms with Crippen LogP contribution in [0.2, 0.25) is 0 Å². The van der Waals surface area contributed by atoms with Gasteiger partial charge in [-0.15, -0.1) is 0 Å². The Bertz CT molecular complexity index is 1240. The van der Waals surface area contributed by atoms with Gasteiger partial charge in [-0.2, -0.15) is 21.6 Å². The molecule has 0 saturated heterocycles. The van der Waals surface area contributed by atoms with Crippen molar-refractivity contribution in [2.24, 2.45) is 4.99 Å². The number of aliphatic imine (C=N–C) groups is 1. The van der Waals surface area contributed by atoms with Crippen molar-refractivity contribution < 1.29 is 26.1 Å². The fraction of sp³-hybridized carbons (Fsp3) is 0.240. The zero-order valence-electron chi connectivity index (χ0n) is 18.6. The second kappa shape index (κ2) is 10.4. The first-order valence-electron chi connectivity index (χ1n) is 10.5. The molecule has 0 fully saturated rings.